The summed E-state index contributed by atoms with van der Waals surface area (Å²) in [6, 6.07) is 10.5. The zero-order valence-electron chi connectivity index (χ0n) is 11.8. The zero-order chi connectivity index (χ0) is 13.4. The Balaban J connectivity index is 3.00. The highest BCUT2D eigenvalue weighted by molar-refractivity contribution is 5.75. The molecule has 0 nitrogen and oxygen atoms in total. The lowest BCUT2D eigenvalue weighted by Crippen LogP contribution is -1.84. The molecule has 0 aliphatic rings. The predicted molar refractivity (Wildman–Crippen MR) is 82.4 cm³/mol. The maximum atomic E-state index is 2.24. The van der Waals surface area contributed by atoms with Crippen molar-refractivity contribution in [3.05, 3.63) is 77.4 Å². The highest BCUT2D eigenvalue weighted by Gasteiger charge is 1.98. The first kappa shape index (κ1) is 14.2. The molecule has 0 amide bonds. The fourth-order valence-corrected chi connectivity index (χ4v) is 1.68. The Morgan fingerprint density at radius 2 is 1.61 bits per heavy atom. The molecule has 0 bridgehead atoms. The van der Waals surface area contributed by atoms with Crippen molar-refractivity contribution in [2.45, 2.75) is 27.7 Å². The van der Waals surface area contributed by atoms with E-state index >= 15 is 0 Å². The lowest BCUT2D eigenvalue weighted by molar-refractivity contribution is 1.34. The van der Waals surface area contributed by atoms with Gasteiger partial charge in [0.05, 0.1) is 0 Å². The van der Waals surface area contributed by atoms with Crippen LogP contribution in [-0.4, -0.2) is 0 Å². The summed E-state index contributed by atoms with van der Waals surface area (Å²) in [4.78, 5) is 0. The maximum absolute atomic E-state index is 2.24. The molecule has 1 rings (SSSR count). The van der Waals surface area contributed by atoms with Crippen LogP contribution in [0, 0.1) is 0 Å². The van der Waals surface area contributed by atoms with Crippen molar-refractivity contribution in [3.8, 4) is 0 Å². The van der Waals surface area contributed by atoms with E-state index in [2.05, 4.69) is 69.3 Å². The molecule has 18 heavy (non-hydrogen) atoms. The molecule has 0 atom stereocenters. The number of allylic oxidation sites excluding steroid dienone is 8. The van der Waals surface area contributed by atoms with Gasteiger partial charge in [0, 0.05) is 0 Å². The molecule has 0 aliphatic heterocycles. The second-order valence-corrected chi connectivity index (χ2v) is 4.31. The van der Waals surface area contributed by atoms with Gasteiger partial charge >= 0.3 is 0 Å². The van der Waals surface area contributed by atoms with Gasteiger partial charge in [-0.15, -0.1) is 0 Å². The first-order chi connectivity index (χ1) is 8.69. The van der Waals surface area contributed by atoms with E-state index in [0.717, 1.165) is 0 Å². The Morgan fingerprint density at radius 1 is 0.944 bits per heavy atom. The molecule has 0 heteroatoms. The second-order valence-electron chi connectivity index (χ2n) is 4.31. The first-order valence-corrected chi connectivity index (χ1v) is 6.39. The summed E-state index contributed by atoms with van der Waals surface area (Å²) < 4.78 is 0. The van der Waals surface area contributed by atoms with E-state index in [-0.39, 0.29) is 0 Å². The van der Waals surface area contributed by atoms with Crippen LogP contribution in [0.1, 0.15) is 33.3 Å². The van der Waals surface area contributed by atoms with Crippen LogP contribution in [-0.2, 0) is 0 Å². The van der Waals surface area contributed by atoms with Gasteiger partial charge in [-0.25, -0.2) is 0 Å². The highest BCUT2D eigenvalue weighted by Crippen LogP contribution is 2.20. The minimum atomic E-state index is 1.26. The molecule has 0 radical (unpaired) electrons. The topological polar surface area (TPSA) is 0 Å². The van der Waals surface area contributed by atoms with Gasteiger partial charge in [0.25, 0.3) is 0 Å². The third-order valence-corrected chi connectivity index (χ3v) is 2.95. The average Bonchev–Trinajstić information content (AvgIpc) is 2.42. The quantitative estimate of drug-likeness (QED) is 0.602. The zero-order valence-corrected chi connectivity index (χ0v) is 11.8. The monoisotopic (exact) mass is 238 g/mol. The van der Waals surface area contributed by atoms with Gasteiger partial charge in [-0.3, -0.25) is 0 Å². The van der Waals surface area contributed by atoms with Crippen molar-refractivity contribution in [2.24, 2.45) is 0 Å². The van der Waals surface area contributed by atoms with E-state index in [4.69, 9.17) is 0 Å². The van der Waals surface area contributed by atoms with E-state index in [1.807, 2.05) is 19.1 Å². The molecule has 0 saturated heterocycles. The molecule has 94 valence electrons. The summed E-state index contributed by atoms with van der Waals surface area (Å²) >= 11 is 0. The molecular weight excluding hydrogens is 216 g/mol. The standard InChI is InChI=1S/C18H22/c1-5-7-11-15(3)16(4)14-17(6-2)18-12-9-8-10-13-18/h5-14H,1-4H3/b7-5-,15-11+,16-14+,17-6+. The maximum Gasteiger partial charge on any atom is -0.0187 e. The van der Waals surface area contributed by atoms with E-state index < -0.39 is 0 Å². The van der Waals surface area contributed by atoms with E-state index in [0.29, 0.717) is 0 Å². The van der Waals surface area contributed by atoms with Crippen LogP contribution < -0.4 is 0 Å². The van der Waals surface area contributed by atoms with Gasteiger partial charge in [-0.05, 0) is 50.0 Å². The Morgan fingerprint density at radius 3 is 2.17 bits per heavy atom. The van der Waals surface area contributed by atoms with Crippen molar-refractivity contribution in [1.82, 2.24) is 0 Å². The molecule has 1 aromatic carbocycles. The lowest BCUT2D eigenvalue weighted by atomic mass is 10.0. The molecule has 0 saturated carbocycles. The van der Waals surface area contributed by atoms with Crippen LogP contribution in [0.3, 0.4) is 0 Å². The Kier molecular flexibility index (Phi) is 5.93. The van der Waals surface area contributed by atoms with Gasteiger partial charge in [-0.2, -0.15) is 0 Å². The van der Waals surface area contributed by atoms with Crippen molar-refractivity contribution in [2.75, 3.05) is 0 Å². The minimum absolute atomic E-state index is 1.26. The molecule has 1 aromatic rings. The van der Waals surface area contributed by atoms with Gasteiger partial charge in [0.1, 0.15) is 0 Å². The van der Waals surface area contributed by atoms with E-state index in [1.54, 1.807) is 0 Å². The van der Waals surface area contributed by atoms with Crippen LogP contribution in [0.2, 0.25) is 0 Å². The largest absolute Gasteiger partial charge is 0.0877 e. The summed E-state index contributed by atoms with van der Waals surface area (Å²) in [7, 11) is 0. The molecular formula is C18H22. The number of hydrogen-bond acceptors (Lipinski definition) is 0. The van der Waals surface area contributed by atoms with Crippen LogP contribution in [0.4, 0.5) is 0 Å². The van der Waals surface area contributed by atoms with Gasteiger partial charge in [-0.1, -0.05) is 60.7 Å². The number of benzene rings is 1. The first-order valence-electron chi connectivity index (χ1n) is 6.39. The second kappa shape index (κ2) is 7.50. The average molecular weight is 238 g/mol. The lowest BCUT2D eigenvalue weighted by Gasteiger charge is -2.05. The fourth-order valence-electron chi connectivity index (χ4n) is 1.68. The summed E-state index contributed by atoms with van der Waals surface area (Å²) in [5, 5.41) is 0. The van der Waals surface area contributed by atoms with Gasteiger partial charge in [0.15, 0.2) is 0 Å². The number of rotatable bonds is 4. The van der Waals surface area contributed by atoms with Crippen molar-refractivity contribution in [3.63, 3.8) is 0 Å². The smallest absolute Gasteiger partial charge is 0.0187 e. The van der Waals surface area contributed by atoms with Crippen molar-refractivity contribution < 1.29 is 0 Å². The third-order valence-electron chi connectivity index (χ3n) is 2.95. The highest BCUT2D eigenvalue weighted by atomic mass is 14.0. The summed E-state index contributed by atoms with van der Waals surface area (Å²) in [5.74, 6) is 0. The van der Waals surface area contributed by atoms with Crippen LogP contribution in [0.15, 0.2) is 71.9 Å². The van der Waals surface area contributed by atoms with Gasteiger partial charge in [0.2, 0.25) is 0 Å². The van der Waals surface area contributed by atoms with Crippen molar-refractivity contribution in [1.29, 1.82) is 0 Å². The normalized spacial score (nSPS) is 14.3. The molecule has 0 fully saturated rings. The van der Waals surface area contributed by atoms with Crippen LogP contribution in [0.5, 0.6) is 0 Å². The Labute approximate surface area is 111 Å². The SMILES string of the molecule is C\C=C/C=C(C)/C(C)=C/C(=C\C)c1ccccc1. The third kappa shape index (κ3) is 4.21. The fraction of sp³-hybridized carbons (Fsp3) is 0.222. The molecule has 0 aromatic heterocycles. The molecule has 0 unspecified atom stereocenters. The van der Waals surface area contributed by atoms with Crippen LogP contribution in [0.25, 0.3) is 5.57 Å². The Bertz CT molecular complexity index is 482. The summed E-state index contributed by atoms with van der Waals surface area (Å²) in [6.07, 6.45) is 10.7. The summed E-state index contributed by atoms with van der Waals surface area (Å²) in [5.41, 5.74) is 5.12. The molecule has 0 N–H and O–H groups in total. The summed E-state index contributed by atoms with van der Waals surface area (Å²) in [6.45, 7) is 8.41. The van der Waals surface area contributed by atoms with Crippen LogP contribution >= 0.6 is 0 Å². The minimum Gasteiger partial charge on any atom is -0.0877 e. The molecule has 0 heterocycles. The Hall–Kier alpha value is -1.82. The molecule has 0 spiro atoms. The van der Waals surface area contributed by atoms with Crippen molar-refractivity contribution >= 4 is 5.57 Å². The predicted octanol–water partition coefficient (Wildman–Crippen LogP) is 5.56. The molecule has 0 aliphatic carbocycles. The number of hydrogen-bond donors (Lipinski definition) is 0. The van der Waals surface area contributed by atoms with Gasteiger partial charge < -0.3 is 0 Å². The van der Waals surface area contributed by atoms with E-state index in [1.165, 1.54) is 22.3 Å². The van der Waals surface area contributed by atoms with E-state index in [9.17, 15) is 0 Å².